The molecular formula is C10H12N6O4. The first-order chi connectivity index (χ1) is 9.43. The highest BCUT2D eigenvalue weighted by molar-refractivity contribution is 6.06. The third kappa shape index (κ3) is 2.35. The standard InChI is InChI=1S/C10H12N6O4/c1-11-10-12-4-6(16(19)20)8(14-10)13-5-3-7(17)15(2)9(5)18/h4-5H,3H2,1-2H3,(H2,11,12,13,14). The molecule has 1 aromatic heterocycles. The Kier molecular flexibility index (Phi) is 3.46. The molecule has 0 spiro atoms. The van der Waals surface area contributed by atoms with E-state index < -0.39 is 16.9 Å². The fourth-order valence-electron chi connectivity index (χ4n) is 1.77. The Balaban J connectivity index is 2.30. The second-order valence-electron chi connectivity index (χ2n) is 4.13. The Labute approximate surface area is 113 Å². The highest BCUT2D eigenvalue weighted by atomic mass is 16.6. The van der Waals surface area contributed by atoms with E-state index in [1.54, 1.807) is 7.05 Å². The molecule has 10 nitrogen and oxygen atoms in total. The van der Waals surface area contributed by atoms with Crippen molar-refractivity contribution in [3.63, 3.8) is 0 Å². The van der Waals surface area contributed by atoms with Gasteiger partial charge in [-0.05, 0) is 0 Å². The van der Waals surface area contributed by atoms with Gasteiger partial charge in [0.15, 0.2) is 0 Å². The largest absolute Gasteiger partial charge is 0.357 e. The lowest BCUT2D eigenvalue weighted by atomic mass is 10.2. The Morgan fingerprint density at radius 2 is 2.20 bits per heavy atom. The number of rotatable bonds is 4. The fourth-order valence-corrected chi connectivity index (χ4v) is 1.77. The molecule has 20 heavy (non-hydrogen) atoms. The van der Waals surface area contributed by atoms with Crippen molar-refractivity contribution in [2.24, 2.45) is 0 Å². The first kappa shape index (κ1) is 13.6. The lowest BCUT2D eigenvalue weighted by Crippen LogP contribution is -2.32. The number of amides is 2. The van der Waals surface area contributed by atoms with E-state index in [0.29, 0.717) is 0 Å². The number of carbonyl (C=O) groups excluding carboxylic acids is 2. The molecule has 0 saturated carbocycles. The molecule has 1 atom stereocenters. The van der Waals surface area contributed by atoms with Gasteiger partial charge in [-0.3, -0.25) is 24.6 Å². The molecule has 2 heterocycles. The van der Waals surface area contributed by atoms with Crippen LogP contribution in [0.4, 0.5) is 17.5 Å². The van der Waals surface area contributed by atoms with Crippen LogP contribution in [0, 0.1) is 10.1 Å². The summed E-state index contributed by atoms with van der Waals surface area (Å²) in [5.41, 5.74) is -0.362. The van der Waals surface area contributed by atoms with Crippen LogP contribution in [0.15, 0.2) is 6.20 Å². The quantitative estimate of drug-likeness (QED) is 0.432. The van der Waals surface area contributed by atoms with Crippen LogP contribution in [0.25, 0.3) is 0 Å². The Bertz CT molecular complexity index is 589. The minimum Gasteiger partial charge on any atom is -0.357 e. The summed E-state index contributed by atoms with van der Waals surface area (Å²) in [6.45, 7) is 0. The number of nitrogens with one attached hydrogen (secondary N) is 2. The minimum absolute atomic E-state index is 0.0641. The fraction of sp³-hybridized carbons (Fsp3) is 0.400. The van der Waals surface area contributed by atoms with Crippen molar-refractivity contribution in [2.75, 3.05) is 24.7 Å². The molecule has 1 fully saturated rings. The minimum atomic E-state index is -0.856. The van der Waals surface area contributed by atoms with Gasteiger partial charge in [0.2, 0.25) is 17.7 Å². The number of carbonyl (C=O) groups is 2. The highest BCUT2D eigenvalue weighted by Gasteiger charge is 2.37. The summed E-state index contributed by atoms with van der Waals surface area (Å²) in [6, 6.07) is -0.856. The van der Waals surface area contributed by atoms with E-state index in [1.807, 2.05) is 0 Å². The summed E-state index contributed by atoms with van der Waals surface area (Å²) in [5, 5.41) is 16.2. The van der Waals surface area contributed by atoms with Crippen LogP contribution >= 0.6 is 0 Å². The van der Waals surface area contributed by atoms with Crippen LogP contribution in [-0.2, 0) is 9.59 Å². The third-order valence-corrected chi connectivity index (χ3v) is 2.88. The number of imide groups is 1. The molecule has 1 unspecified atom stereocenters. The molecule has 0 radical (unpaired) electrons. The molecule has 1 aliphatic heterocycles. The number of hydrogen-bond acceptors (Lipinski definition) is 8. The predicted molar refractivity (Wildman–Crippen MR) is 68.0 cm³/mol. The van der Waals surface area contributed by atoms with Crippen LogP contribution in [-0.4, -0.2) is 51.7 Å². The maximum absolute atomic E-state index is 11.8. The molecule has 0 aliphatic carbocycles. The van der Waals surface area contributed by atoms with E-state index in [-0.39, 0.29) is 29.8 Å². The number of hydrogen-bond donors (Lipinski definition) is 2. The van der Waals surface area contributed by atoms with Gasteiger partial charge >= 0.3 is 5.69 Å². The van der Waals surface area contributed by atoms with Gasteiger partial charge in [0, 0.05) is 14.1 Å². The van der Waals surface area contributed by atoms with Crippen molar-refractivity contribution in [3.8, 4) is 0 Å². The van der Waals surface area contributed by atoms with Gasteiger partial charge in [0.05, 0.1) is 11.3 Å². The second-order valence-corrected chi connectivity index (χ2v) is 4.13. The van der Waals surface area contributed by atoms with Crippen molar-refractivity contribution >= 4 is 29.3 Å². The average molecular weight is 280 g/mol. The Morgan fingerprint density at radius 1 is 1.50 bits per heavy atom. The molecular weight excluding hydrogens is 268 g/mol. The van der Waals surface area contributed by atoms with E-state index >= 15 is 0 Å². The Morgan fingerprint density at radius 3 is 2.70 bits per heavy atom. The summed E-state index contributed by atoms with van der Waals surface area (Å²) in [6.07, 6.45) is 0.970. The zero-order chi connectivity index (χ0) is 14.9. The second kappa shape index (κ2) is 5.07. The highest BCUT2D eigenvalue weighted by Crippen LogP contribution is 2.25. The average Bonchev–Trinajstić information content (AvgIpc) is 2.66. The van der Waals surface area contributed by atoms with E-state index in [1.165, 1.54) is 7.05 Å². The Hall–Kier alpha value is -2.78. The molecule has 1 aromatic rings. The molecule has 106 valence electrons. The first-order valence-electron chi connectivity index (χ1n) is 5.70. The summed E-state index contributed by atoms with van der Waals surface area (Å²) in [5.74, 6) is -0.731. The summed E-state index contributed by atoms with van der Waals surface area (Å²) in [7, 11) is 2.92. The zero-order valence-electron chi connectivity index (χ0n) is 10.8. The smallest absolute Gasteiger partial charge is 0.329 e. The lowest BCUT2D eigenvalue weighted by Gasteiger charge is -2.12. The van der Waals surface area contributed by atoms with Gasteiger partial charge in [-0.15, -0.1) is 0 Å². The third-order valence-electron chi connectivity index (χ3n) is 2.88. The maximum atomic E-state index is 11.8. The van der Waals surface area contributed by atoms with Crippen molar-refractivity contribution < 1.29 is 14.5 Å². The van der Waals surface area contributed by atoms with Crippen LogP contribution in [0.1, 0.15) is 6.42 Å². The normalized spacial score (nSPS) is 18.3. The predicted octanol–water partition coefficient (Wildman–Crippen LogP) is -0.404. The van der Waals surface area contributed by atoms with E-state index in [2.05, 4.69) is 20.6 Å². The molecule has 0 bridgehead atoms. The van der Waals surface area contributed by atoms with Crippen molar-refractivity contribution in [2.45, 2.75) is 12.5 Å². The van der Waals surface area contributed by atoms with Crippen molar-refractivity contribution in [3.05, 3.63) is 16.3 Å². The van der Waals surface area contributed by atoms with Crippen molar-refractivity contribution in [1.29, 1.82) is 0 Å². The van der Waals surface area contributed by atoms with Gasteiger partial charge in [-0.1, -0.05) is 0 Å². The summed E-state index contributed by atoms with van der Waals surface area (Å²) in [4.78, 5) is 42.0. The van der Waals surface area contributed by atoms with Crippen LogP contribution in [0.2, 0.25) is 0 Å². The molecule has 2 rings (SSSR count). The molecule has 1 aliphatic rings. The number of aromatic nitrogens is 2. The number of anilines is 2. The van der Waals surface area contributed by atoms with E-state index in [9.17, 15) is 19.7 Å². The molecule has 1 saturated heterocycles. The van der Waals surface area contributed by atoms with Crippen molar-refractivity contribution in [1.82, 2.24) is 14.9 Å². The number of likely N-dealkylation sites (tertiary alicyclic amines) is 1. The van der Waals surface area contributed by atoms with Gasteiger partial charge < -0.3 is 10.6 Å². The maximum Gasteiger partial charge on any atom is 0.329 e. The number of likely N-dealkylation sites (N-methyl/N-ethyl adjacent to an activating group) is 1. The zero-order valence-corrected chi connectivity index (χ0v) is 10.8. The molecule has 10 heteroatoms. The first-order valence-corrected chi connectivity index (χ1v) is 5.70. The van der Waals surface area contributed by atoms with Crippen LogP contribution in [0.5, 0.6) is 0 Å². The molecule has 2 N–H and O–H groups in total. The monoisotopic (exact) mass is 280 g/mol. The van der Waals surface area contributed by atoms with Crippen LogP contribution < -0.4 is 10.6 Å². The topological polar surface area (TPSA) is 130 Å². The SMILES string of the molecule is CNc1ncc([N+](=O)[O-])c(NC2CC(=O)N(C)C2=O)n1. The summed E-state index contributed by atoms with van der Waals surface area (Å²) < 4.78 is 0. The van der Waals surface area contributed by atoms with Gasteiger partial charge in [0.1, 0.15) is 12.2 Å². The van der Waals surface area contributed by atoms with Gasteiger partial charge in [-0.25, -0.2) is 4.98 Å². The lowest BCUT2D eigenvalue weighted by molar-refractivity contribution is -0.384. The molecule has 0 aromatic carbocycles. The number of nitro groups is 1. The van der Waals surface area contributed by atoms with Gasteiger partial charge in [0.25, 0.3) is 5.91 Å². The van der Waals surface area contributed by atoms with E-state index in [0.717, 1.165) is 11.1 Å². The van der Waals surface area contributed by atoms with Gasteiger partial charge in [-0.2, -0.15) is 4.98 Å². The molecule has 2 amide bonds. The van der Waals surface area contributed by atoms with Crippen LogP contribution in [0.3, 0.4) is 0 Å². The number of nitrogens with zero attached hydrogens (tertiary/aromatic N) is 4. The summed E-state index contributed by atoms with van der Waals surface area (Å²) >= 11 is 0. The van der Waals surface area contributed by atoms with E-state index in [4.69, 9.17) is 0 Å².